The van der Waals surface area contributed by atoms with Crippen molar-refractivity contribution < 1.29 is 34.6 Å². The second-order valence-electron chi connectivity index (χ2n) is 8.04. The largest absolute Gasteiger partial charge is 0.482 e. The minimum Gasteiger partial charge on any atom is -0.480 e. The summed E-state index contributed by atoms with van der Waals surface area (Å²) in [6, 6.07) is 13.0. The average molecular weight is 473 g/mol. The lowest BCUT2D eigenvalue weighted by atomic mass is 10.0. The van der Waals surface area contributed by atoms with Crippen LogP contribution in [0.5, 0.6) is 0 Å². The summed E-state index contributed by atoms with van der Waals surface area (Å²) in [4.78, 5) is 33.7. The third-order valence-corrected chi connectivity index (χ3v) is 4.70. The Balaban J connectivity index is 0.000000759. The van der Waals surface area contributed by atoms with Crippen LogP contribution in [-0.2, 0) is 16.0 Å². The molecule has 10 heteroatoms. The molecule has 9 nitrogen and oxygen atoms in total. The maximum Gasteiger partial charge on any atom is 0.482 e. The van der Waals surface area contributed by atoms with Gasteiger partial charge in [0.15, 0.2) is 0 Å². The highest BCUT2D eigenvalue weighted by Crippen LogP contribution is 2.11. The second-order valence-corrected chi connectivity index (χ2v) is 8.04. The Hall–Kier alpha value is -3.21. The fourth-order valence-electron chi connectivity index (χ4n) is 2.78. The van der Waals surface area contributed by atoms with E-state index in [0.717, 1.165) is 16.7 Å². The van der Waals surface area contributed by atoms with Crippen molar-refractivity contribution in [3.8, 4) is 0 Å². The third kappa shape index (κ3) is 12.7. The Morgan fingerprint density at radius 1 is 0.941 bits per heavy atom. The number of amides is 1. The first-order valence-corrected chi connectivity index (χ1v) is 10.7. The van der Waals surface area contributed by atoms with Crippen molar-refractivity contribution in [2.24, 2.45) is 11.7 Å². The number of benzene rings is 2. The van der Waals surface area contributed by atoms with E-state index >= 15 is 0 Å². The molecular formula is C24H34BN2O7. The highest BCUT2D eigenvalue weighted by Gasteiger charge is 2.21. The van der Waals surface area contributed by atoms with Crippen molar-refractivity contribution in [1.29, 1.82) is 0 Å². The highest BCUT2D eigenvalue weighted by molar-refractivity contribution is 6.13. The van der Waals surface area contributed by atoms with Gasteiger partial charge in [0.25, 0.3) is 5.91 Å². The molecule has 1 amide bonds. The Labute approximate surface area is 200 Å². The number of aliphatic carboxylic acids is 2. The van der Waals surface area contributed by atoms with E-state index in [0.29, 0.717) is 17.9 Å². The molecule has 0 fully saturated rings. The second kappa shape index (κ2) is 16.4. The van der Waals surface area contributed by atoms with Crippen molar-refractivity contribution in [3.05, 3.63) is 70.8 Å². The van der Waals surface area contributed by atoms with E-state index in [4.69, 9.17) is 20.9 Å². The molecule has 0 aliphatic heterocycles. The molecule has 0 saturated carbocycles. The molecule has 0 bridgehead atoms. The highest BCUT2D eigenvalue weighted by atomic mass is 16.4. The first kappa shape index (κ1) is 30.8. The van der Waals surface area contributed by atoms with Crippen LogP contribution in [0, 0.1) is 19.8 Å². The monoisotopic (exact) mass is 473 g/mol. The standard InChI is InChI=1S/C18H19NO3.C6H13NO2.BH2O2/c1-12-8-9-15(10-13(12)2)17(20)19-16(18(21)22)11-14-6-4-3-5-7-14;1-4(2)3-5(7)6(8)9;2-1-3/h3-10,16H,11H2,1-2H3,(H,19,20)(H,21,22);4-5H,3,7H2,1-2H3,(H,8,9);2-3H/t16-;5-;/m00./s1. The smallest absolute Gasteiger partial charge is 0.480 e. The SMILES string of the molecule is CC(C)C[C@H](N)C(=O)O.Cc1ccc(C(=O)N[C@@H](Cc2ccccc2)C(=O)O)cc1C.O[B]O. The maximum absolute atomic E-state index is 12.2. The van der Waals surface area contributed by atoms with Crippen molar-refractivity contribution in [2.75, 3.05) is 0 Å². The van der Waals surface area contributed by atoms with Crippen molar-refractivity contribution >= 4 is 25.5 Å². The first-order valence-electron chi connectivity index (χ1n) is 10.7. The normalized spacial score (nSPS) is 11.6. The van der Waals surface area contributed by atoms with Gasteiger partial charge in [-0.25, -0.2) is 4.79 Å². The molecule has 0 aliphatic rings. The number of aryl methyl sites for hydroxylation is 2. The number of hydrogen-bond acceptors (Lipinski definition) is 6. The Morgan fingerprint density at radius 3 is 1.91 bits per heavy atom. The summed E-state index contributed by atoms with van der Waals surface area (Å²) >= 11 is 0. The average Bonchev–Trinajstić information content (AvgIpc) is 2.76. The van der Waals surface area contributed by atoms with Gasteiger partial charge in [-0.05, 0) is 55.0 Å². The molecular weight excluding hydrogens is 439 g/mol. The lowest BCUT2D eigenvalue weighted by Gasteiger charge is -2.15. The number of hydrogen-bond donors (Lipinski definition) is 6. The predicted molar refractivity (Wildman–Crippen MR) is 130 cm³/mol. The summed E-state index contributed by atoms with van der Waals surface area (Å²) in [7, 11) is 0. The van der Waals surface area contributed by atoms with E-state index in [1.54, 1.807) is 12.1 Å². The van der Waals surface area contributed by atoms with Gasteiger partial charge >= 0.3 is 19.6 Å². The molecule has 0 spiro atoms. The van der Waals surface area contributed by atoms with E-state index in [2.05, 4.69) is 5.32 Å². The lowest BCUT2D eigenvalue weighted by Crippen LogP contribution is -2.42. The van der Waals surface area contributed by atoms with E-state index in [1.165, 1.54) is 0 Å². The van der Waals surface area contributed by atoms with Gasteiger partial charge in [0.1, 0.15) is 12.1 Å². The maximum atomic E-state index is 12.2. The van der Waals surface area contributed by atoms with Crippen molar-refractivity contribution in [2.45, 2.75) is 52.6 Å². The van der Waals surface area contributed by atoms with Crippen LogP contribution in [0.2, 0.25) is 0 Å². The third-order valence-electron chi connectivity index (χ3n) is 4.70. The Kier molecular flexibility index (Phi) is 14.9. The van der Waals surface area contributed by atoms with Gasteiger partial charge in [0.05, 0.1) is 0 Å². The molecule has 2 atom stereocenters. The van der Waals surface area contributed by atoms with Crippen LogP contribution < -0.4 is 11.1 Å². The zero-order valence-corrected chi connectivity index (χ0v) is 19.9. The summed E-state index contributed by atoms with van der Waals surface area (Å²) in [5.74, 6) is -1.97. The van der Waals surface area contributed by atoms with Crippen LogP contribution >= 0.6 is 0 Å². The van der Waals surface area contributed by atoms with Gasteiger partial charge in [-0.15, -0.1) is 0 Å². The van der Waals surface area contributed by atoms with Crippen LogP contribution in [0.1, 0.15) is 47.3 Å². The molecule has 0 aliphatic carbocycles. The van der Waals surface area contributed by atoms with Crippen molar-refractivity contribution in [3.63, 3.8) is 0 Å². The van der Waals surface area contributed by atoms with Crippen molar-refractivity contribution in [1.82, 2.24) is 5.32 Å². The van der Waals surface area contributed by atoms with E-state index < -0.39 is 24.0 Å². The molecule has 2 rings (SSSR count). The Morgan fingerprint density at radius 2 is 1.50 bits per heavy atom. The number of carbonyl (C=O) groups is 3. The molecule has 0 unspecified atom stereocenters. The van der Waals surface area contributed by atoms with Gasteiger partial charge in [0, 0.05) is 12.0 Å². The molecule has 2 aromatic rings. The molecule has 0 heterocycles. The molecule has 0 aromatic heterocycles. The molecule has 34 heavy (non-hydrogen) atoms. The molecule has 185 valence electrons. The fourth-order valence-corrected chi connectivity index (χ4v) is 2.78. The van der Waals surface area contributed by atoms with Crippen LogP contribution in [0.3, 0.4) is 0 Å². The first-order chi connectivity index (χ1) is 15.9. The summed E-state index contributed by atoms with van der Waals surface area (Å²) in [6.07, 6.45) is 0.808. The number of carbonyl (C=O) groups excluding carboxylic acids is 1. The Bertz CT molecular complexity index is 907. The predicted octanol–water partition coefficient (Wildman–Crippen LogP) is 1.68. The van der Waals surface area contributed by atoms with Gasteiger partial charge in [-0.1, -0.05) is 50.2 Å². The number of nitrogens with one attached hydrogen (secondary N) is 1. The summed E-state index contributed by atoms with van der Waals surface area (Å²) in [5.41, 5.74) is 8.66. The fraction of sp³-hybridized carbons (Fsp3) is 0.375. The minimum atomic E-state index is -1.04. The van der Waals surface area contributed by atoms with E-state index in [1.807, 2.05) is 64.1 Å². The molecule has 7 N–H and O–H groups in total. The van der Waals surface area contributed by atoms with Crippen LogP contribution in [0.25, 0.3) is 0 Å². The quantitative estimate of drug-likeness (QED) is 0.315. The van der Waals surface area contributed by atoms with E-state index in [9.17, 15) is 19.5 Å². The number of carboxylic acids is 2. The topological polar surface area (TPSA) is 170 Å². The summed E-state index contributed by atoms with van der Waals surface area (Å²) < 4.78 is 0. The zero-order valence-electron chi connectivity index (χ0n) is 19.9. The minimum absolute atomic E-state index is 0. The lowest BCUT2D eigenvalue weighted by molar-refractivity contribution is -0.140. The number of rotatable bonds is 8. The number of carboxylic acid groups (broad SMARTS) is 2. The van der Waals surface area contributed by atoms with Gasteiger partial charge in [-0.2, -0.15) is 0 Å². The molecule has 2 aromatic carbocycles. The summed E-state index contributed by atoms with van der Waals surface area (Å²) in [6.45, 7) is 7.78. The van der Waals surface area contributed by atoms with Crippen LogP contribution in [0.15, 0.2) is 48.5 Å². The summed E-state index contributed by atoms with van der Waals surface area (Å²) in [5, 5.41) is 34.2. The number of nitrogens with two attached hydrogens (primary N) is 1. The van der Waals surface area contributed by atoms with Crippen LogP contribution in [-0.4, -0.2) is 57.9 Å². The molecule has 0 saturated heterocycles. The zero-order chi connectivity index (χ0) is 26.3. The molecule has 1 radical (unpaired) electrons. The van der Waals surface area contributed by atoms with Crippen LogP contribution in [0.4, 0.5) is 0 Å². The van der Waals surface area contributed by atoms with Gasteiger partial charge in [0.2, 0.25) is 0 Å². The van der Waals surface area contributed by atoms with Gasteiger partial charge < -0.3 is 31.3 Å². The van der Waals surface area contributed by atoms with E-state index in [-0.39, 0.29) is 20.0 Å². The van der Waals surface area contributed by atoms with Gasteiger partial charge in [-0.3, -0.25) is 9.59 Å².